The Balaban J connectivity index is 1.39. The molecule has 3 heteroatoms. The van der Waals surface area contributed by atoms with Gasteiger partial charge in [-0.15, -0.1) is 0 Å². The van der Waals surface area contributed by atoms with Crippen molar-refractivity contribution in [1.29, 1.82) is 0 Å². The van der Waals surface area contributed by atoms with E-state index in [0.29, 0.717) is 17.3 Å². The van der Waals surface area contributed by atoms with Gasteiger partial charge >= 0.3 is 7.12 Å². The van der Waals surface area contributed by atoms with E-state index in [1.807, 2.05) is 12.1 Å². The van der Waals surface area contributed by atoms with Crippen LogP contribution in [-0.2, 0) is 5.41 Å². The van der Waals surface area contributed by atoms with Crippen molar-refractivity contribution in [3.05, 3.63) is 114 Å². The van der Waals surface area contributed by atoms with Gasteiger partial charge in [0.15, 0.2) is 0 Å². The molecule has 11 rings (SSSR count). The summed E-state index contributed by atoms with van der Waals surface area (Å²) in [5.74, 6) is 3.06. The molecule has 0 unspecified atom stereocenters. The molecule has 208 valence electrons. The fourth-order valence-corrected chi connectivity index (χ4v) is 11.0. The van der Waals surface area contributed by atoms with Crippen molar-refractivity contribution in [2.75, 3.05) is 0 Å². The normalized spacial score (nSPS) is 26.5. The van der Waals surface area contributed by atoms with E-state index in [4.69, 9.17) is 0 Å². The summed E-state index contributed by atoms with van der Waals surface area (Å²) in [5.41, 5.74) is 9.15. The minimum Gasteiger partial charge on any atom is -0.423 e. The molecule has 0 saturated heterocycles. The van der Waals surface area contributed by atoms with Crippen LogP contribution in [0, 0.1) is 23.7 Å². The van der Waals surface area contributed by atoms with E-state index >= 15 is 0 Å². The molecule has 4 fully saturated rings. The minimum absolute atomic E-state index is 0.0100. The highest BCUT2D eigenvalue weighted by molar-refractivity contribution is 6.66. The van der Waals surface area contributed by atoms with E-state index in [1.165, 1.54) is 65.1 Å². The Labute approximate surface area is 252 Å². The Bertz CT molecular complexity index is 2060. The van der Waals surface area contributed by atoms with Gasteiger partial charge in [0.25, 0.3) is 0 Å². The first kappa shape index (κ1) is 24.5. The molecule has 2 N–H and O–H groups in total. The van der Waals surface area contributed by atoms with Crippen LogP contribution in [0.3, 0.4) is 0 Å². The molecular weight excluding hydrogens is 523 g/mol. The zero-order valence-electron chi connectivity index (χ0n) is 24.1. The number of hydrogen-bond acceptors (Lipinski definition) is 2. The van der Waals surface area contributed by atoms with Crippen molar-refractivity contribution >= 4 is 44.9 Å². The molecule has 0 amide bonds. The first-order chi connectivity index (χ1) is 21.1. The molecule has 6 aromatic rings. The van der Waals surface area contributed by atoms with Gasteiger partial charge in [-0.25, -0.2) is 0 Å². The van der Waals surface area contributed by atoms with Crippen molar-refractivity contribution in [2.45, 2.75) is 37.5 Å². The Hall–Kier alpha value is -3.92. The molecule has 4 bridgehead atoms. The largest absolute Gasteiger partial charge is 0.489 e. The van der Waals surface area contributed by atoms with Crippen LogP contribution < -0.4 is 5.46 Å². The molecule has 2 nitrogen and oxygen atoms in total. The van der Waals surface area contributed by atoms with E-state index < -0.39 is 7.12 Å². The maximum atomic E-state index is 10.6. The van der Waals surface area contributed by atoms with Gasteiger partial charge in [0.05, 0.1) is 0 Å². The first-order valence-electron chi connectivity index (χ1n) is 16.1. The van der Waals surface area contributed by atoms with Crippen molar-refractivity contribution in [1.82, 2.24) is 0 Å². The third-order valence-corrected chi connectivity index (χ3v) is 12.0. The minimum atomic E-state index is -1.54. The molecular formula is C40H33BO2. The number of fused-ring (bicyclic) bond motifs is 7. The number of rotatable bonds is 2. The van der Waals surface area contributed by atoms with Crippen LogP contribution in [0.4, 0.5) is 0 Å². The summed E-state index contributed by atoms with van der Waals surface area (Å²) in [6.07, 6.45) is 6.78. The topological polar surface area (TPSA) is 40.5 Å². The molecule has 0 aliphatic heterocycles. The van der Waals surface area contributed by atoms with Crippen LogP contribution in [0.5, 0.6) is 0 Å². The third kappa shape index (κ3) is 3.02. The van der Waals surface area contributed by atoms with E-state index in [0.717, 1.165) is 33.4 Å². The van der Waals surface area contributed by atoms with Gasteiger partial charge < -0.3 is 10.0 Å². The van der Waals surface area contributed by atoms with E-state index in [9.17, 15) is 10.0 Å². The average Bonchev–Trinajstić information content (AvgIpc) is 3.33. The monoisotopic (exact) mass is 556 g/mol. The van der Waals surface area contributed by atoms with Crippen LogP contribution in [0.2, 0.25) is 0 Å². The highest BCUT2D eigenvalue weighted by Crippen LogP contribution is 2.71. The van der Waals surface area contributed by atoms with Crippen molar-refractivity contribution < 1.29 is 10.0 Å². The smallest absolute Gasteiger partial charge is 0.423 e. The van der Waals surface area contributed by atoms with Gasteiger partial charge in [-0.2, -0.15) is 0 Å². The fraction of sp³-hybridized carbons (Fsp3) is 0.250. The maximum absolute atomic E-state index is 10.6. The summed E-state index contributed by atoms with van der Waals surface area (Å²) >= 11 is 0. The molecule has 6 aromatic carbocycles. The van der Waals surface area contributed by atoms with E-state index in [1.54, 1.807) is 11.1 Å². The fourth-order valence-electron chi connectivity index (χ4n) is 11.0. The lowest BCUT2D eigenvalue weighted by Gasteiger charge is -2.61. The molecule has 5 aliphatic carbocycles. The number of benzene rings is 6. The Morgan fingerprint density at radius 3 is 1.65 bits per heavy atom. The second-order valence-corrected chi connectivity index (χ2v) is 13.9. The van der Waals surface area contributed by atoms with Gasteiger partial charge in [0.2, 0.25) is 0 Å². The van der Waals surface area contributed by atoms with Crippen LogP contribution in [0.25, 0.3) is 54.6 Å². The lowest BCUT2D eigenvalue weighted by atomic mass is 9.42. The average molecular weight is 557 g/mol. The van der Waals surface area contributed by atoms with Gasteiger partial charge in [0.1, 0.15) is 0 Å². The molecule has 0 radical (unpaired) electrons. The summed E-state index contributed by atoms with van der Waals surface area (Å²) in [4.78, 5) is 0. The molecule has 5 aliphatic rings. The van der Waals surface area contributed by atoms with Crippen LogP contribution in [0.1, 0.15) is 43.2 Å². The van der Waals surface area contributed by atoms with E-state index in [-0.39, 0.29) is 5.41 Å². The Morgan fingerprint density at radius 2 is 1.05 bits per heavy atom. The zero-order valence-corrected chi connectivity index (χ0v) is 24.1. The summed E-state index contributed by atoms with van der Waals surface area (Å²) in [6.45, 7) is 0. The quantitative estimate of drug-likeness (QED) is 0.167. The molecule has 0 aromatic heterocycles. The summed E-state index contributed by atoms with van der Waals surface area (Å²) in [5, 5.41) is 28.0. The standard InChI is InChI=1S/C40H33BO2/c42-41(43)39-31-12-5-3-10-29(31)36(30-11-4-6-13-32(30)39)33-14-7-15-34-37-28-9-2-1-8-25(28)16-17-35(37)40(38(33)34)26-19-23-18-24(21-26)22-27(40)20-23/h1-17,23-24,26-27,42-43H,18-22H2. The highest BCUT2D eigenvalue weighted by Gasteiger charge is 2.62. The zero-order chi connectivity index (χ0) is 28.4. The third-order valence-electron chi connectivity index (χ3n) is 12.0. The lowest BCUT2D eigenvalue weighted by molar-refractivity contribution is -0.0396. The Kier molecular flexibility index (Phi) is 4.90. The highest BCUT2D eigenvalue weighted by atomic mass is 16.4. The van der Waals surface area contributed by atoms with Crippen molar-refractivity contribution in [3.63, 3.8) is 0 Å². The van der Waals surface area contributed by atoms with Crippen LogP contribution in [-0.4, -0.2) is 17.2 Å². The second-order valence-electron chi connectivity index (χ2n) is 13.9. The molecule has 0 heterocycles. The predicted octanol–water partition coefficient (Wildman–Crippen LogP) is 8.22. The maximum Gasteiger partial charge on any atom is 0.489 e. The van der Waals surface area contributed by atoms with Crippen molar-refractivity contribution in [3.8, 4) is 22.3 Å². The van der Waals surface area contributed by atoms with Gasteiger partial charge in [0, 0.05) is 5.41 Å². The second kappa shape index (κ2) is 8.59. The first-order valence-corrected chi connectivity index (χ1v) is 16.1. The molecule has 1 spiro atoms. The molecule has 43 heavy (non-hydrogen) atoms. The summed E-state index contributed by atoms with van der Waals surface area (Å²) in [7, 11) is -1.54. The van der Waals surface area contributed by atoms with Gasteiger partial charge in [-0.05, 0) is 127 Å². The Morgan fingerprint density at radius 1 is 0.512 bits per heavy atom. The van der Waals surface area contributed by atoms with Crippen LogP contribution >= 0.6 is 0 Å². The lowest BCUT2D eigenvalue weighted by Crippen LogP contribution is -2.55. The van der Waals surface area contributed by atoms with Gasteiger partial charge in [-0.1, -0.05) is 103 Å². The SMILES string of the molecule is OB(O)c1c2ccccc2c(-c2cccc3c2C2(c4ccc5ccccc5c4-3)C3CC4CC(C3)CC2C4)c2ccccc12. The molecule has 0 atom stereocenters. The van der Waals surface area contributed by atoms with Gasteiger partial charge in [-0.3, -0.25) is 0 Å². The van der Waals surface area contributed by atoms with E-state index in [2.05, 4.69) is 91.0 Å². The molecule has 4 saturated carbocycles. The van der Waals surface area contributed by atoms with Crippen molar-refractivity contribution in [2.24, 2.45) is 23.7 Å². The predicted molar refractivity (Wildman–Crippen MR) is 177 cm³/mol. The number of hydrogen-bond donors (Lipinski definition) is 2. The summed E-state index contributed by atoms with van der Waals surface area (Å²) in [6, 6.07) is 37.6. The summed E-state index contributed by atoms with van der Waals surface area (Å²) < 4.78 is 0. The van der Waals surface area contributed by atoms with Crippen LogP contribution in [0.15, 0.2) is 103 Å².